The molecule has 2 heterocycles. The van der Waals surface area contributed by atoms with E-state index in [1.54, 1.807) is 17.5 Å². The summed E-state index contributed by atoms with van der Waals surface area (Å²) in [4.78, 5) is 4.19. The van der Waals surface area contributed by atoms with E-state index in [9.17, 15) is 0 Å². The van der Waals surface area contributed by atoms with Crippen LogP contribution in [0.4, 0.5) is 0 Å². The Morgan fingerprint density at radius 2 is 2.08 bits per heavy atom. The summed E-state index contributed by atoms with van der Waals surface area (Å²) in [6.45, 7) is 0. The van der Waals surface area contributed by atoms with Crippen LogP contribution in [-0.4, -0.2) is 15.2 Å². The van der Waals surface area contributed by atoms with E-state index in [1.165, 1.54) is 0 Å². The van der Waals surface area contributed by atoms with Crippen LogP contribution in [0.25, 0.3) is 10.6 Å². The highest BCUT2D eigenvalue weighted by Gasteiger charge is 2.07. The molecule has 2 aromatic rings. The summed E-state index contributed by atoms with van der Waals surface area (Å²) >= 11 is 5.93. The summed E-state index contributed by atoms with van der Waals surface area (Å²) in [6, 6.07) is 3.91. The molecule has 0 amide bonds. The summed E-state index contributed by atoms with van der Waals surface area (Å²) in [6.07, 6.45) is 1.78. The Balaban J connectivity index is 2.52. The molecule has 0 saturated heterocycles. The minimum Gasteiger partial charge on any atom is -0.250 e. The lowest BCUT2D eigenvalue weighted by molar-refractivity contribution is 1.07. The first-order valence-corrected chi connectivity index (χ1v) is 6.34. The van der Waals surface area contributed by atoms with Gasteiger partial charge in [-0.3, -0.25) is 0 Å². The highest BCUT2D eigenvalue weighted by Crippen LogP contribution is 2.26. The molecule has 66 valence electrons. The quantitative estimate of drug-likeness (QED) is 0.532. The fourth-order valence-electron chi connectivity index (χ4n) is 0.860. The van der Waals surface area contributed by atoms with Crippen LogP contribution in [-0.2, 0) is 0 Å². The van der Waals surface area contributed by atoms with Gasteiger partial charge >= 0.3 is 0 Å². The molecular weight excluding hydrogens is 412 g/mol. The molecule has 2 aromatic heterocycles. The molecule has 2 rings (SSSR count). The maximum atomic E-state index is 4.19. The van der Waals surface area contributed by atoms with Crippen LogP contribution in [0.15, 0.2) is 18.3 Å². The molecule has 13 heavy (non-hydrogen) atoms. The largest absolute Gasteiger partial charge is 0.250 e. The van der Waals surface area contributed by atoms with Crippen LogP contribution in [0, 0.1) is 6.72 Å². The minimum absolute atomic E-state index is 0.932. The van der Waals surface area contributed by atoms with Crippen LogP contribution in [0.5, 0.6) is 0 Å². The average molecular weight is 415 g/mol. The smallest absolute Gasteiger partial charge is 0.178 e. The zero-order valence-electron chi connectivity index (χ0n) is 6.24. The standard InChI is InChI=1S/C7H3I2N3S/c8-5-4(2-1-3-10-5)6-11-12-7(9)13-6/h1-3H. The summed E-state index contributed by atoms with van der Waals surface area (Å²) < 4.78 is 1.92. The lowest BCUT2D eigenvalue weighted by atomic mass is 10.3. The van der Waals surface area contributed by atoms with E-state index in [-0.39, 0.29) is 0 Å². The van der Waals surface area contributed by atoms with E-state index in [4.69, 9.17) is 0 Å². The van der Waals surface area contributed by atoms with Gasteiger partial charge in [0.2, 0.25) is 0 Å². The average Bonchev–Trinajstić information content (AvgIpc) is 2.53. The second-order valence-corrected chi connectivity index (χ2v) is 5.96. The lowest BCUT2D eigenvalue weighted by Gasteiger charge is -1.95. The fourth-order valence-corrected chi connectivity index (χ4v) is 2.97. The van der Waals surface area contributed by atoms with E-state index in [0.717, 1.165) is 17.3 Å². The number of pyridine rings is 1. The predicted octanol–water partition coefficient (Wildman–Crippen LogP) is 2.81. The fraction of sp³-hybridized carbons (Fsp3) is 0. The van der Waals surface area contributed by atoms with Crippen molar-refractivity contribution in [1.82, 2.24) is 15.2 Å². The van der Waals surface area contributed by atoms with Gasteiger partial charge in [-0.15, -0.1) is 10.2 Å². The number of rotatable bonds is 1. The molecule has 0 saturated carbocycles. The van der Waals surface area contributed by atoms with Crippen LogP contribution in [0.3, 0.4) is 0 Å². The van der Waals surface area contributed by atoms with Gasteiger partial charge in [0, 0.05) is 11.8 Å². The Bertz CT molecular complexity index is 429. The van der Waals surface area contributed by atoms with Crippen molar-refractivity contribution in [3.05, 3.63) is 25.0 Å². The van der Waals surface area contributed by atoms with Gasteiger partial charge in [0.15, 0.2) is 8.02 Å². The normalized spacial score (nSPS) is 10.3. The van der Waals surface area contributed by atoms with Crippen LogP contribution in [0.1, 0.15) is 0 Å². The molecule has 0 aliphatic rings. The van der Waals surface area contributed by atoms with E-state index in [1.807, 2.05) is 12.1 Å². The molecule has 3 nitrogen and oxygen atoms in total. The molecular formula is C7H3I2N3S. The first-order chi connectivity index (χ1) is 6.27. The van der Waals surface area contributed by atoms with Gasteiger partial charge in [-0.2, -0.15) is 0 Å². The summed E-state index contributed by atoms with van der Waals surface area (Å²) in [5.41, 5.74) is 1.06. The van der Waals surface area contributed by atoms with Crippen molar-refractivity contribution in [3.63, 3.8) is 0 Å². The second-order valence-electron chi connectivity index (χ2n) is 2.20. The number of aromatic nitrogens is 3. The number of hydrogen-bond donors (Lipinski definition) is 0. The first kappa shape index (κ1) is 9.71. The van der Waals surface area contributed by atoms with Crippen molar-refractivity contribution in [1.29, 1.82) is 0 Å². The van der Waals surface area contributed by atoms with Crippen molar-refractivity contribution in [2.75, 3.05) is 0 Å². The molecule has 0 N–H and O–H groups in total. The zero-order chi connectivity index (χ0) is 9.26. The van der Waals surface area contributed by atoms with Gasteiger partial charge < -0.3 is 0 Å². The Morgan fingerprint density at radius 1 is 1.23 bits per heavy atom. The molecule has 0 aromatic carbocycles. The Morgan fingerprint density at radius 3 is 2.69 bits per heavy atom. The van der Waals surface area contributed by atoms with Gasteiger partial charge in [0.05, 0.1) is 0 Å². The molecule has 0 spiro atoms. The van der Waals surface area contributed by atoms with Crippen LogP contribution < -0.4 is 0 Å². The molecule has 6 heteroatoms. The molecule has 0 aliphatic carbocycles. The third kappa shape index (κ3) is 2.15. The summed E-state index contributed by atoms with van der Waals surface area (Å²) in [5.74, 6) is 0. The topological polar surface area (TPSA) is 38.7 Å². The summed E-state index contributed by atoms with van der Waals surface area (Å²) in [7, 11) is 0. The Kier molecular flexibility index (Phi) is 3.09. The predicted molar refractivity (Wildman–Crippen MR) is 68.6 cm³/mol. The van der Waals surface area contributed by atoms with Gasteiger partial charge in [-0.1, -0.05) is 11.3 Å². The number of halogens is 2. The van der Waals surface area contributed by atoms with E-state index in [0.29, 0.717) is 0 Å². The Labute approximate surface area is 106 Å². The third-order valence-electron chi connectivity index (χ3n) is 1.39. The number of nitrogens with zero attached hydrogens (tertiary/aromatic N) is 3. The molecule has 0 bridgehead atoms. The van der Waals surface area contributed by atoms with Gasteiger partial charge in [0.1, 0.15) is 3.70 Å². The second kappa shape index (κ2) is 4.13. The van der Waals surface area contributed by atoms with Crippen molar-refractivity contribution in [3.8, 4) is 10.6 Å². The van der Waals surface area contributed by atoms with Crippen molar-refractivity contribution < 1.29 is 0 Å². The SMILES string of the molecule is Ic1nnc(-c2cccnc2I)s1. The zero-order valence-corrected chi connectivity index (χ0v) is 11.4. The van der Waals surface area contributed by atoms with E-state index in [2.05, 4.69) is 60.4 Å². The van der Waals surface area contributed by atoms with Crippen LogP contribution >= 0.6 is 56.5 Å². The molecule has 0 unspecified atom stereocenters. The molecule has 0 radical (unpaired) electrons. The van der Waals surface area contributed by atoms with Crippen molar-refractivity contribution in [2.24, 2.45) is 0 Å². The molecule has 0 fully saturated rings. The number of hydrogen-bond acceptors (Lipinski definition) is 4. The highest BCUT2D eigenvalue weighted by atomic mass is 127. The third-order valence-corrected chi connectivity index (χ3v) is 3.87. The lowest BCUT2D eigenvalue weighted by Crippen LogP contribution is -1.84. The highest BCUT2D eigenvalue weighted by molar-refractivity contribution is 14.1. The monoisotopic (exact) mass is 415 g/mol. The first-order valence-electron chi connectivity index (χ1n) is 3.37. The van der Waals surface area contributed by atoms with Crippen molar-refractivity contribution >= 4 is 56.5 Å². The maximum Gasteiger partial charge on any atom is 0.178 e. The van der Waals surface area contributed by atoms with Crippen molar-refractivity contribution in [2.45, 2.75) is 0 Å². The molecule has 0 atom stereocenters. The van der Waals surface area contributed by atoms with Gasteiger partial charge in [-0.25, -0.2) is 4.98 Å². The van der Waals surface area contributed by atoms with E-state index < -0.39 is 0 Å². The molecule has 0 aliphatic heterocycles. The summed E-state index contributed by atoms with van der Waals surface area (Å²) in [5, 5.41) is 8.95. The maximum absolute atomic E-state index is 4.19. The van der Waals surface area contributed by atoms with Crippen LogP contribution in [0.2, 0.25) is 0 Å². The Hall–Kier alpha value is 0.170. The minimum atomic E-state index is 0.932. The van der Waals surface area contributed by atoms with Gasteiger partial charge in [0.25, 0.3) is 0 Å². The van der Waals surface area contributed by atoms with E-state index >= 15 is 0 Å². The van der Waals surface area contributed by atoms with Gasteiger partial charge in [-0.05, 0) is 57.3 Å².